The van der Waals surface area contributed by atoms with Crippen molar-refractivity contribution >= 4 is 23.4 Å². The van der Waals surface area contributed by atoms with Crippen molar-refractivity contribution in [3.63, 3.8) is 0 Å². The second-order valence-electron chi connectivity index (χ2n) is 4.72. The van der Waals surface area contributed by atoms with E-state index >= 15 is 0 Å². The highest BCUT2D eigenvalue weighted by molar-refractivity contribution is 6.30. The average Bonchev–Trinajstić information content (AvgIpc) is 2.62. The van der Waals surface area contributed by atoms with Gasteiger partial charge in [0.2, 0.25) is 5.91 Å². The maximum absolute atomic E-state index is 12.0. The zero-order chi connectivity index (χ0) is 14.5. The van der Waals surface area contributed by atoms with Crippen LogP contribution in [0.15, 0.2) is 18.2 Å². The van der Waals surface area contributed by atoms with E-state index in [1.54, 1.807) is 18.2 Å². The molecule has 0 unspecified atom stereocenters. The Balaban J connectivity index is 1.92. The zero-order valence-corrected chi connectivity index (χ0v) is 12.1. The van der Waals surface area contributed by atoms with Crippen LogP contribution in [0.5, 0.6) is 5.75 Å². The highest BCUT2D eigenvalue weighted by Crippen LogP contribution is 2.21. The quantitative estimate of drug-likeness (QED) is 0.917. The number of amides is 2. The second kappa shape index (κ2) is 6.61. The van der Waals surface area contributed by atoms with Crippen LogP contribution >= 0.6 is 11.6 Å². The number of hydrogen-bond donors (Lipinski definition) is 1. The lowest BCUT2D eigenvalue weighted by Gasteiger charge is -2.19. The van der Waals surface area contributed by atoms with E-state index in [2.05, 4.69) is 5.32 Å². The molecule has 20 heavy (non-hydrogen) atoms. The van der Waals surface area contributed by atoms with Crippen LogP contribution in [0.3, 0.4) is 0 Å². The van der Waals surface area contributed by atoms with E-state index < -0.39 is 0 Å². The van der Waals surface area contributed by atoms with Gasteiger partial charge in [0.1, 0.15) is 5.75 Å². The Bertz CT molecular complexity index is 519. The minimum atomic E-state index is -0.184. The molecule has 1 aromatic rings. The van der Waals surface area contributed by atoms with Crippen LogP contribution in [0.2, 0.25) is 5.02 Å². The number of halogens is 1. The highest BCUT2D eigenvalue weighted by atomic mass is 35.5. The van der Waals surface area contributed by atoms with Crippen molar-refractivity contribution in [1.29, 1.82) is 0 Å². The SMILES string of the molecule is Cc1cc(Cl)ccc1OCC(=O)N1CCCNC(=O)C1. The molecule has 1 fully saturated rings. The molecule has 0 bridgehead atoms. The molecular weight excluding hydrogens is 280 g/mol. The first-order valence-corrected chi connectivity index (χ1v) is 6.87. The number of benzene rings is 1. The maximum Gasteiger partial charge on any atom is 0.260 e. The van der Waals surface area contributed by atoms with Gasteiger partial charge < -0.3 is 15.0 Å². The van der Waals surface area contributed by atoms with Crippen LogP contribution in [0.1, 0.15) is 12.0 Å². The van der Waals surface area contributed by atoms with Crippen molar-refractivity contribution in [2.24, 2.45) is 0 Å². The topological polar surface area (TPSA) is 58.6 Å². The number of hydrogen-bond acceptors (Lipinski definition) is 3. The van der Waals surface area contributed by atoms with Crippen LogP contribution in [0, 0.1) is 6.92 Å². The summed E-state index contributed by atoms with van der Waals surface area (Å²) >= 11 is 5.86. The van der Waals surface area contributed by atoms with E-state index in [0.717, 1.165) is 12.0 Å². The molecule has 5 nitrogen and oxygen atoms in total. The van der Waals surface area contributed by atoms with Crippen LogP contribution in [0.4, 0.5) is 0 Å². The number of carbonyl (C=O) groups excluding carboxylic acids is 2. The summed E-state index contributed by atoms with van der Waals surface area (Å²) in [5, 5.41) is 3.36. The molecule has 0 spiro atoms. The van der Waals surface area contributed by atoms with Gasteiger partial charge in [-0.3, -0.25) is 9.59 Å². The summed E-state index contributed by atoms with van der Waals surface area (Å²) in [6, 6.07) is 5.23. The first-order valence-electron chi connectivity index (χ1n) is 6.49. The third-order valence-corrected chi connectivity index (χ3v) is 3.34. The summed E-state index contributed by atoms with van der Waals surface area (Å²) in [4.78, 5) is 25.0. The van der Waals surface area contributed by atoms with E-state index in [-0.39, 0.29) is 25.0 Å². The van der Waals surface area contributed by atoms with Gasteiger partial charge in [0, 0.05) is 18.1 Å². The standard InChI is InChI=1S/C14H17ClN2O3/c1-10-7-11(15)3-4-12(10)20-9-14(19)17-6-2-5-16-13(18)8-17/h3-4,7H,2,5-6,8-9H2,1H3,(H,16,18). The summed E-state index contributed by atoms with van der Waals surface area (Å²) in [5.41, 5.74) is 0.874. The van der Waals surface area contributed by atoms with Crippen LogP contribution in [0.25, 0.3) is 0 Å². The van der Waals surface area contributed by atoms with E-state index in [1.165, 1.54) is 4.90 Å². The molecule has 1 saturated heterocycles. The number of rotatable bonds is 3. The summed E-state index contributed by atoms with van der Waals surface area (Å²) in [6.07, 6.45) is 0.761. The van der Waals surface area contributed by atoms with Gasteiger partial charge in [-0.1, -0.05) is 11.6 Å². The Morgan fingerprint density at radius 3 is 3.05 bits per heavy atom. The predicted molar refractivity (Wildman–Crippen MR) is 75.9 cm³/mol. The fraction of sp³-hybridized carbons (Fsp3) is 0.429. The predicted octanol–water partition coefficient (Wildman–Crippen LogP) is 1.38. The summed E-state index contributed by atoms with van der Waals surface area (Å²) in [6.45, 7) is 3.07. The van der Waals surface area contributed by atoms with Crippen molar-refractivity contribution in [3.8, 4) is 5.75 Å². The summed E-state index contributed by atoms with van der Waals surface area (Å²) < 4.78 is 5.50. The largest absolute Gasteiger partial charge is 0.483 e. The van der Waals surface area contributed by atoms with Gasteiger partial charge in [-0.25, -0.2) is 0 Å². The molecule has 108 valence electrons. The molecule has 0 saturated carbocycles. The van der Waals surface area contributed by atoms with Crippen LogP contribution in [-0.2, 0) is 9.59 Å². The van der Waals surface area contributed by atoms with Crippen LogP contribution < -0.4 is 10.1 Å². The van der Waals surface area contributed by atoms with Crippen molar-refractivity contribution in [2.75, 3.05) is 26.2 Å². The molecule has 1 aromatic carbocycles. The Morgan fingerprint density at radius 2 is 2.30 bits per heavy atom. The molecule has 1 aliphatic rings. The zero-order valence-electron chi connectivity index (χ0n) is 11.3. The van der Waals surface area contributed by atoms with Gasteiger partial charge in [-0.2, -0.15) is 0 Å². The maximum atomic E-state index is 12.0. The van der Waals surface area contributed by atoms with Gasteiger partial charge >= 0.3 is 0 Å². The Labute approximate surface area is 122 Å². The highest BCUT2D eigenvalue weighted by Gasteiger charge is 2.20. The van der Waals surface area contributed by atoms with Gasteiger partial charge in [0.25, 0.3) is 5.91 Å². The van der Waals surface area contributed by atoms with Gasteiger partial charge in [0.05, 0.1) is 6.54 Å². The molecule has 1 aliphatic heterocycles. The Hall–Kier alpha value is -1.75. The minimum Gasteiger partial charge on any atom is -0.483 e. The summed E-state index contributed by atoms with van der Waals surface area (Å²) in [5.74, 6) is 0.317. The average molecular weight is 297 g/mol. The normalized spacial score (nSPS) is 15.5. The molecule has 2 amide bonds. The van der Waals surface area contributed by atoms with Crippen molar-refractivity contribution < 1.29 is 14.3 Å². The van der Waals surface area contributed by atoms with Gasteiger partial charge in [0.15, 0.2) is 6.61 Å². The molecule has 0 aliphatic carbocycles. The van der Waals surface area contributed by atoms with Gasteiger partial charge in [-0.05, 0) is 37.1 Å². The third-order valence-electron chi connectivity index (χ3n) is 3.10. The molecule has 1 heterocycles. The molecule has 0 aromatic heterocycles. The third kappa shape index (κ3) is 3.87. The summed E-state index contributed by atoms with van der Waals surface area (Å²) in [7, 11) is 0. The lowest BCUT2D eigenvalue weighted by atomic mass is 10.2. The molecule has 0 atom stereocenters. The second-order valence-corrected chi connectivity index (χ2v) is 5.15. The van der Waals surface area contributed by atoms with Crippen molar-refractivity contribution in [1.82, 2.24) is 10.2 Å². The Kier molecular flexibility index (Phi) is 4.84. The number of carbonyl (C=O) groups is 2. The van der Waals surface area contributed by atoms with Crippen molar-refractivity contribution in [3.05, 3.63) is 28.8 Å². The van der Waals surface area contributed by atoms with E-state index in [9.17, 15) is 9.59 Å². The minimum absolute atomic E-state index is 0.0737. The van der Waals surface area contributed by atoms with E-state index in [1.807, 2.05) is 6.92 Å². The molecule has 0 radical (unpaired) electrons. The van der Waals surface area contributed by atoms with E-state index in [0.29, 0.717) is 23.9 Å². The molecule has 1 N–H and O–H groups in total. The smallest absolute Gasteiger partial charge is 0.260 e. The van der Waals surface area contributed by atoms with Crippen LogP contribution in [-0.4, -0.2) is 43.0 Å². The lowest BCUT2D eigenvalue weighted by Crippen LogP contribution is -2.39. The van der Waals surface area contributed by atoms with E-state index in [4.69, 9.17) is 16.3 Å². The number of nitrogens with zero attached hydrogens (tertiary/aromatic N) is 1. The number of ether oxygens (including phenoxy) is 1. The molecular formula is C14H17ClN2O3. The monoisotopic (exact) mass is 296 g/mol. The fourth-order valence-corrected chi connectivity index (χ4v) is 2.25. The van der Waals surface area contributed by atoms with Crippen molar-refractivity contribution in [2.45, 2.75) is 13.3 Å². The molecule has 2 rings (SSSR count). The lowest BCUT2D eigenvalue weighted by molar-refractivity contribution is -0.136. The van der Waals surface area contributed by atoms with Gasteiger partial charge in [-0.15, -0.1) is 0 Å². The number of nitrogens with one attached hydrogen (secondary N) is 1. The number of aryl methyl sites for hydroxylation is 1. The Morgan fingerprint density at radius 1 is 1.50 bits per heavy atom. The fourth-order valence-electron chi connectivity index (χ4n) is 2.02. The first-order chi connectivity index (χ1) is 9.56. The first kappa shape index (κ1) is 14.7. The molecule has 6 heteroatoms.